The van der Waals surface area contributed by atoms with Crippen LogP contribution in [0.5, 0.6) is 0 Å². The maximum absolute atomic E-state index is 12.2. The summed E-state index contributed by atoms with van der Waals surface area (Å²) in [6, 6.07) is -0.722. The second-order valence-electron chi connectivity index (χ2n) is 7.30. The van der Waals surface area contributed by atoms with Crippen molar-refractivity contribution >= 4 is 17.7 Å². The Labute approximate surface area is 148 Å². The topological polar surface area (TPSA) is 94.5 Å². The normalized spacial score (nSPS) is 19.1. The smallest absolute Gasteiger partial charge is 0.408 e. The van der Waals surface area contributed by atoms with E-state index in [1.54, 1.807) is 44.8 Å². The largest absolute Gasteiger partial charge is 0.444 e. The van der Waals surface area contributed by atoms with Crippen molar-refractivity contribution in [1.29, 1.82) is 0 Å². The number of aromatic nitrogens is 2. The van der Waals surface area contributed by atoms with Gasteiger partial charge in [-0.1, -0.05) is 0 Å². The molecule has 2 N–H and O–H groups in total. The highest BCUT2D eigenvalue weighted by molar-refractivity contribution is 5.96. The average molecular weight is 352 g/mol. The van der Waals surface area contributed by atoms with E-state index < -0.39 is 17.7 Å². The second kappa shape index (κ2) is 8.33. The SMILES string of the molecule is CC(NC(=O)OC(C)(C)C)C(=O)Nc1cnn(CC2CCCCO2)c1. The summed E-state index contributed by atoms with van der Waals surface area (Å²) >= 11 is 0. The zero-order valence-electron chi connectivity index (χ0n) is 15.4. The van der Waals surface area contributed by atoms with Crippen molar-refractivity contribution in [3.8, 4) is 0 Å². The summed E-state index contributed by atoms with van der Waals surface area (Å²) in [5.74, 6) is -0.334. The first-order valence-electron chi connectivity index (χ1n) is 8.67. The molecule has 1 saturated heterocycles. The van der Waals surface area contributed by atoms with Crippen LogP contribution in [-0.2, 0) is 20.8 Å². The van der Waals surface area contributed by atoms with Gasteiger partial charge in [0.25, 0.3) is 0 Å². The van der Waals surface area contributed by atoms with Gasteiger partial charge in [-0.25, -0.2) is 4.79 Å². The number of carbonyl (C=O) groups is 2. The third-order valence-corrected chi connectivity index (χ3v) is 3.69. The van der Waals surface area contributed by atoms with Crippen molar-refractivity contribution < 1.29 is 19.1 Å². The summed E-state index contributed by atoms with van der Waals surface area (Å²) in [6.07, 6.45) is 6.20. The van der Waals surface area contributed by atoms with Crippen LogP contribution in [0, 0.1) is 0 Å². The van der Waals surface area contributed by atoms with E-state index in [0.717, 1.165) is 19.4 Å². The van der Waals surface area contributed by atoms with Crippen LogP contribution >= 0.6 is 0 Å². The number of amides is 2. The van der Waals surface area contributed by atoms with E-state index in [1.165, 1.54) is 6.42 Å². The van der Waals surface area contributed by atoms with E-state index in [4.69, 9.17) is 9.47 Å². The number of ether oxygens (including phenoxy) is 2. The zero-order chi connectivity index (χ0) is 18.4. The lowest BCUT2D eigenvalue weighted by molar-refractivity contribution is -0.117. The third-order valence-electron chi connectivity index (χ3n) is 3.69. The summed E-state index contributed by atoms with van der Waals surface area (Å²) in [7, 11) is 0. The summed E-state index contributed by atoms with van der Waals surface area (Å²) in [4.78, 5) is 23.9. The van der Waals surface area contributed by atoms with E-state index >= 15 is 0 Å². The van der Waals surface area contributed by atoms with E-state index in [2.05, 4.69) is 15.7 Å². The van der Waals surface area contributed by atoms with Crippen molar-refractivity contribution in [3.63, 3.8) is 0 Å². The van der Waals surface area contributed by atoms with Gasteiger partial charge in [0.05, 0.1) is 24.5 Å². The van der Waals surface area contributed by atoms with Crippen LogP contribution in [-0.4, -0.2) is 46.1 Å². The zero-order valence-corrected chi connectivity index (χ0v) is 15.4. The molecule has 2 atom stereocenters. The van der Waals surface area contributed by atoms with Crippen LogP contribution in [0.3, 0.4) is 0 Å². The number of carbonyl (C=O) groups excluding carboxylic acids is 2. The molecule has 1 aliphatic rings. The molecule has 140 valence electrons. The van der Waals surface area contributed by atoms with Gasteiger partial charge in [0.2, 0.25) is 5.91 Å². The highest BCUT2D eigenvalue weighted by atomic mass is 16.6. The van der Waals surface area contributed by atoms with E-state index in [9.17, 15) is 9.59 Å². The van der Waals surface area contributed by atoms with Crippen molar-refractivity contribution in [2.24, 2.45) is 0 Å². The number of hydrogen-bond acceptors (Lipinski definition) is 5. The number of anilines is 1. The maximum atomic E-state index is 12.2. The van der Waals surface area contributed by atoms with Crippen LogP contribution in [0.25, 0.3) is 0 Å². The maximum Gasteiger partial charge on any atom is 0.408 e. The Balaban J connectivity index is 1.80. The number of rotatable bonds is 5. The van der Waals surface area contributed by atoms with E-state index in [-0.39, 0.29) is 12.0 Å². The fourth-order valence-electron chi connectivity index (χ4n) is 2.49. The predicted molar refractivity (Wildman–Crippen MR) is 93.3 cm³/mol. The first-order chi connectivity index (χ1) is 11.7. The molecule has 0 radical (unpaired) electrons. The Hall–Kier alpha value is -2.09. The first kappa shape index (κ1) is 19.2. The summed E-state index contributed by atoms with van der Waals surface area (Å²) in [6.45, 7) is 8.36. The Kier molecular flexibility index (Phi) is 6.41. The van der Waals surface area contributed by atoms with Crippen molar-refractivity contribution in [1.82, 2.24) is 15.1 Å². The van der Waals surface area contributed by atoms with Gasteiger partial charge < -0.3 is 20.1 Å². The third kappa shape index (κ3) is 6.74. The minimum Gasteiger partial charge on any atom is -0.444 e. The van der Waals surface area contributed by atoms with Gasteiger partial charge in [-0.2, -0.15) is 5.10 Å². The number of nitrogens with zero attached hydrogens (tertiary/aromatic N) is 2. The quantitative estimate of drug-likeness (QED) is 0.848. The molecule has 1 aliphatic heterocycles. The van der Waals surface area contributed by atoms with Gasteiger partial charge in [0.15, 0.2) is 0 Å². The number of hydrogen-bond donors (Lipinski definition) is 2. The van der Waals surface area contributed by atoms with Gasteiger partial charge in [0, 0.05) is 12.8 Å². The molecule has 0 saturated carbocycles. The predicted octanol–water partition coefficient (Wildman–Crippen LogP) is 2.30. The molecule has 0 spiro atoms. The lowest BCUT2D eigenvalue weighted by Gasteiger charge is -2.22. The molecular weight excluding hydrogens is 324 g/mol. The molecule has 2 unspecified atom stereocenters. The lowest BCUT2D eigenvalue weighted by atomic mass is 10.1. The Morgan fingerprint density at radius 1 is 1.44 bits per heavy atom. The first-order valence-corrected chi connectivity index (χ1v) is 8.67. The van der Waals surface area contributed by atoms with Crippen LogP contribution in [0.1, 0.15) is 47.0 Å². The van der Waals surface area contributed by atoms with Gasteiger partial charge in [-0.15, -0.1) is 0 Å². The molecule has 0 aliphatic carbocycles. The summed E-state index contributed by atoms with van der Waals surface area (Å²) < 4.78 is 12.6. The fourth-order valence-corrected chi connectivity index (χ4v) is 2.49. The minimum absolute atomic E-state index is 0.171. The molecule has 0 aromatic carbocycles. The van der Waals surface area contributed by atoms with Crippen LogP contribution in [0.2, 0.25) is 0 Å². The van der Waals surface area contributed by atoms with Gasteiger partial charge in [-0.3, -0.25) is 9.48 Å². The van der Waals surface area contributed by atoms with Crippen molar-refractivity contribution in [2.75, 3.05) is 11.9 Å². The Morgan fingerprint density at radius 3 is 2.84 bits per heavy atom. The Morgan fingerprint density at radius 2 is 2.20 bits per heavy atom. The number of nitrogens with one attached hydrogen (secondary N) is 2. The van der Waals surface area contributed by atoms with Crippen LogP contribution in [0.4, 0.5) is 10.5 Å². The monoisotopic (exact) mass is 352 g/mol. The van der Waals surface area contributed by atoms with Crippen LogP contribution < -0.4 is 10.6 Å². The number of alkyl carbamates (subject to hydrolysis) is 1. The van der Waals surface area contributed by atoms with Gasteiger partial charge >= 0.3 is 6.09 Å². The highest BCUT2D eigenvalue weighted by Gasteiger charge is 2.21. The summed E-state index contributed by atoms with van der Waals surface area (Å²) in [5, 5.41) is 9.48. The molecule has 8 heteroatoms. The molecule has 2 heterocycles. The molecule has 8 nitrogen and oxygen atoms in total. The molecule has 2 rings (SSSR count). The average Bonchev–Trinajstić information content (AvgIpc) is 2.93. The summed E-state index contributed by atoms with van der Waals surface area (Å²) in [5.41, 5.74) is -0.0264. The molecule has 1 aromatic rings. The highest BCUT2D eigenvalue weighted by Crippen LogP contribution is 2.15. The minimum atomic E-state index is -0.722. The standard InChI is InChI=1S/C17H28N4O4/c1-12(19-16(23)25-17(2,3)4)15(22)20-13-9-18-21(10-13)11-14-7-5-6-8-24-14/h9-10,12,14H,5-8,11H2,1-4H3,(H,19,23)(H,20,22). The lowest BCUT2D eigenvalue weighted by Crippen LogP contribution is -2.43. The van der Waals surface area contributed by atoms with Crippen LogP contribution in [0.15, 0.2) is 12.4 Å². The molecular formula is C17H28N4O4. The Bertz CT molecular complexity index is 588. The van der Waals surface area contributed by atoms with Gasteiger partial charge in [0.1, 0.15) is 11.6 Å². The molecule has 0 bridgehead atoms. The van der Waals surface area contributed by atoms with Gasteiger partial charge in [-0.05, 0) is 47.0 Å². The molecule has 2 amide bonds. The second-order valence-corrected chi connectivity index (χ2v) is 7.30. The van der Waals surface area contributed by atoms with E-state index in [0.29, 0.717) is 12.2 Å². The van der Waals surface area contributed by atoms with Crippen molar-refractivity contribution in [3.05, 3.63) is 12.4 Å². The molecule has 25 heavy (non-hydrogen) atoms. The fraction of sp³-hybridized carbons (Fsp3) is 0.706. The molecule has 1 fully saturated rings. The van der Waals surface area contributed by atoms with Crippen molar-refractivity contribution in [2.45, 2.75) is 71.2 Å². The molecule has 1 aromatic heterocycles. The van der Waals surface area contributed by atoms with E-state index in [1.807, 2.05) is 0 Å².